The molecule has 0 atom stereocenters. The summed E-state index contributed by atoms with van der Waals surface area (Å²) in [4.78, 5) is 8.66. The molecule has 3 rings (SSSR count). The highest BCUT2D eigenvalue weighted by atomic mass is 35.5. The van der Waals surface area contributed by atoms with Gasteiger partial charge in [-0.25, -0.2) is 0 Å². The van der Waals surface area contributed by atoms with Gasteiger partial charge in [0, 0.05) is 23.6 Å². The van der Waals surface area contributed by atoms with E-state index in [1.807, 2.05) is 24.3 Å². The molecule has 28 heavy (non-hydrogen) atoms. The van der Waals surface area contributed by atoms with E-state index in [9.17, 15) is 0 Å². The zero-order valence-electron chi connectivity index (χ0n) is 14.3. The molecule has 0 bridgehead atoms. The molecule has 0 unspecified atom stereocenters. The first-order valence-electron chi connectivity index (χ1n) is 8.03. The monoisotopic (exact) mass is 450 g/mol. The van der Waals surface area contributed by atoms with Crippen LogP contribution < -0.4 is 11.5 Å². The molecule has 0 aliphatic rings. The quantitative estimate of drug-likeness (QED) is 0.255. The van der Waals surface area contributed by atoms with E-state index in [-0.39, 0.29) is 20.1 Å². The van der Waals surface area contributed by atoms with Crippen molar-refractivity contribution in [3.63, 3.8) is 0 Å². The number of benzene rings is 3. The zero-order valence-corrected chi connectivity index (χ0v) is 17.4. The maximum Gasteiger partial charge on any atom is 0.0859 e. The van der Waals surface area contributed by atoms with Gasteiger partial charge in [0.05, 0.1) is 42.8 Å². The van der Waals surface area contributed by atoms with Crippen molar-refractivity contribution in [1.82, 2.24) is 0 Å². The van der Waals surface area contributed by atoms with E-state index < -0.39 is 0 Å². The molecule has 0 aliphatic heterocycles. The summed E-state index contributed by atoms with van der Waals surface area (Å²) >= 11 is 25.6. The lowest BCUT2D eigenvalue weighted by Crippen LogP contribution is -1.95. The van der Waals surface area contributed by atoms with Gasteiger partial charge < -0.3 is 11.5 Å². The molecule has 0 radical (unpaired) electrons. The van der Waals surface area contributed by atoms with E-state index in [0.29, 0.717) is 33.9 Å². The van der Waals surface area contributed by atoms with Gasteiger partial charge in [-0.3, -0.25) is 9.98 Å². The van der Waals surface area contributed by atoms with Gasteiger partial charge >= 0.3 is 0 Å². The van der Waals surface area contributed by atoms with Gasteiger partial charge in [-0.05, 0) is 24.3 Å². The van der Waals surface area contributed by atoms with Crippen molar-refractivity contribution in [1.29, 1.82) is 0 Å². The second-order valence-electron chi connectivity index (χ2n) is 5.72. The van der Waals surface area contributed by atoms with E-state index in [0.717, 1.165) is 0 Å². The highest BCUT2D eigenvalue weighted by Gasteiger charge is 2.18. The molecule has 142 valence electrons. The molecule has 8 heteroatoms. The Hall–Kier alpha value is -2.24. The second kappa shape index (κ2) is 8.84. The van der Waals surface area contributed by atoms with Crippen molar-refractivity contribution in [2.24, 2.45) is 9.98 Å². The summed E-state index contributed by atoms with van der Waals surface area (Å²) in [6.45, 7) is 0. The van der Waals surface area contributed by atoms with Crippen LogP contribution in [0.2, 0.25) is 20.1 Å². The summed E-state index contributed by atoms with van der Waals surface area (Å²) in [6, 6.07) is 14.3. The van der Waals surface area contributed by atoms with Crippen molar-refractivity contribution < 1.29 is 0 Å². The van der Waals surface area contributed by atoms with Gasteiger partial charge in [-0.15, -0.1) is 0 Å². The van der Waals surface area contributed by atoms with Crippen LogP contribution in [-0.2, 0) is 0 Å². The van der Waals surface area contributed by atoms with E-state index in [1.165, 1.54) is 12.4 Å². The Balaban J connectivity index is 2.02. The Morgan fingerprint density at radius 3 is 1.21 bits per heavy atom. The first kappa shape index (κ1) is 20.5. The van der Waals surface area contributed by atoms with Crippen LogP contribution in [0.25, 0.3) is 0 Å². The SMILES string of the molecule is Nc1ccccc1N=Cc1c(Cl)c(Cl)c(C=Nc2ccccc2N)c(Cl)c1Cl. The molecule has 0 amide bonds. The van der Waals surface area contributed by atoms with Gasteiger partial charge in [-0.1, -0.05) is 70.7 Å². The Kier molecular flexibility index (Phi) is 6.47. The van der Waals surface area contributed by atoms with Gasteiger partial charge in [0.25, 0.3) is 0 Å². The minimum absolute atomic E-state index is 0.205. The summed E-state index contributed by atoms with van der Waals surface area (Å²) in [6.07, 6.45) is 2.95. The third-order valence-corrected chi connectivity index (χ3v) is 5.63. The highest BCUT2D eigenvalue weighted by Crippen LogP contribution is 2.40. The molecule has 0 spiro atoms. The third-order valence-electron chi connectivity index (χ3n) is 3.87. The average molecular weight is 452 g/mol. The maximum atomic E-state index is 6.41. The molecule has 4 nitrogen and oxygen atoms in total. The molecule has 0 fully saturated rings. The Morgan fingerprint density at radius 1 is 0.571 bits per heavy atom. The van der Waals surface area contributed by atoms with Crippen LogP contribution in [0.4, 0.5) is 22.7 Å². The van der Waals surface area contributed by atoms with Crippen LogP contribution >= 0.6 is 46.4 Å². The smallest absolute Gasteiger partial charge is 0.0859 e. The maximum absolute atomic E-state index is 6.41. The number of rotatable bonds is 4. The van der Waals surface area contributed by atoms with Crippen LogP contribution in [0, 0.1) is 0 Å². The van der Waals surface area contributed by atoms with Crippen LogP contribution in [0.1, 0.15) is 11.1 Å². The second-order valence-corrected chi connectivity index (χ2v) is 7.23. The number of nitrogen functional groups attached to an aromatic ring is 2. The molecular formula is C20H14Cl4N4. The van der Waals surface area contributed by atoms with Crippen molar-refractivity contribution in [2.45, 2.75) is 0 Å². The van der Waals surface area contributed by atoms with Gasteiger partial charge in [0.15, 0.2) is 0 Å². The van der Waals surface area contributed by atoms with Crippen LogP contribution in [0.5, 0.6) is 0 Å². The summed E-state index contributed by atoms with van der Waals surface area (Å²) in [5.41, 5.74) is 14.8. The van der Waals surface area contributed by atoms with E-state index in [1.54, 1.807) is 24.3 Å². The van der Waals surface area contributed by atoms with Gasteiger partial charge in [0.2, 0.25) is 0 Å². The molecule has 3 aromatic carbocycles. The molecule has 3 aromatic rings. The normalized spacial score (nSPS) is 11.6. The fourth-order valence-corrected chi connectivity index (χ4v) is 3.45. The van der Waals surface area contributed by atoms with Crippen LogP contribution in [0.3, 0.4) is 0 Å². The summed E-state index contributed by atoms with van der Waals surface area (Å²) < 4.78 is 0. The summed E-state index contributed by atoms with van der Waals surface area (Å²) in [5, 5.41) is 0.821. The van der Waals surface area contributed by atoms with Crippen molar-refractivity contribution >= 4 is 81.6 Å². The Morgan fingerprint density at radius 2 is 0.893 bits per heavy atom. The number of nitrogens with two attached hydrogens (primary N) is 2. The number of nitrogens with zero attached hydrogens (tertiary/aromatic N) is 2. The lowest BCUT2D eigenvalue weighted by atomic mass is 10.1. The van der Waals surface area contributed by atoms with Crippen molar-refractivity contribution in [2.75, 3.05) is 11.5 Å². The van der Waals surface area contributed by atoms with Crippen molar-refractivity contribution in [3.8, 4) is 0 Å². The molecule has 0 saturated carbocycles. The first-order chi connectivity index (χ1) is 13.4. The lowest BCUT2D eigenvalue weighted by Gasteiger charge is -2.11. The summed E-state index contributed by atoms with van der Waals surface area (Å²) in [7, 11) is 0. The van der Waals surface area contributed by atoms with Crippen LogP contribution in [0.15, 0.2) is 58.5 Å². The Labute approximate surface area is 182 Å². The standard InChI is InChI=1S/C20H14Cl4N4/c21-17-11(9-27-15-7-3-1-5-13(15)25)18(22)20(24)12(19(17)23)10-28-16-8-4-2-6-14(16)26/h1-10H,25-26H2. The largest absolute Gasteiger partial charge is 0.397 e. The number of para-hydroxylation sites is 4. The number of hydrogen-bond acceptors (Lipinski definition) is 4. The molecule has 0 heterocycles. The van der Waals surface area contributed by atoms with E-state index in [2.05, 4.69) is 9.98 Å². The molecular weight excluding hydrogens is 438 g/mol. The third kappa shape index (κ3) is 4.26. The van der Waals surface area contributed by atoms with Crippen molar-refractivity contribution in [3.05, 3.63) is 79.7 Å². The van der Waals surface area contributed by atoms with E-state index in [4.69, 9.17) is 57.9 Å². The molecule has 4 N–H and O–H groups in total. The number of anilines is 2. The van der Waals surface area contributed by atoms with Gasteiger partial charge in [0.1, 0.15) is 0 Å². The number of hydrogen-bond donors (Lipinski definition) is 2. The number of halogens is 4. The summed E-state index contributed by atoms with van der Waals surface area (Å²) in [5.74, 6) is 0. The lowest BCUT2D eigenvalue weighted by molar-refractivity contribution is 1.51. The average Bonchev–Trinajstić information content (AvgIpc) is 2.69. The predicted molar refractivity (Wildman–Crippen MR) is 123 cm³/mol. The molecule has 0 saturated heterocycles. The minimum Gasteiger partial charge on any atom is -0.397 e. The predicted octanol–water partition coefficient (Wildman–Crippen LogP) is 6.97. The van der Waals surface area contributed by atoms with Gasteiger partial charge in [-0.2, -0.15) is 0 Å². The topological polar surface area (TPSA) is 76.8 Å². The fraction of sp³-hybridized carbons (Fsp3) is 0. The molecule has 0 aromatic heterocycles. The highest BCUT2D eigenvalue weighted by molar-refractivity contribution is 6.51. The Bertz CT molecular complexity index is 978. The minimum atomic E-state index is 0.205. The molecule has 0 aliphatic carbocycles. The first-order valence-corrected chi connectivity index (χ1v) is 9.54. The van der Waals surface area contributed by atoms with Crippen LogP contribution in [-0.4, -0.2) is 12.4 Å². The van der Waals surface area contributed by atoms with E-state index >= 15 is 0 Å². The fourth-order valence-electron chi connectivity index (χ4n) is 2.37. The number of aliphatic imine (C=N–C) groups is 2. The zero-order chi connectivity index (χ0) is 20.3.